The Morgan fingerprint density at radius 3 is 1.94 bits per heavy atom. The molecule has 1 saturated carbocycles. The summed E-state index contributed by atoms with van der Waals surface area (Å²) in [6.45, 7) is 4.48. The molecular formula is C15H23NO2. The van der Waals surface area contributed by atoms with Gasteiger partial charge in [0, 0.05) is 11.6 Å². The van der Waals surface area contributed by atoms with Gasteiger partial charge in [-0.25, -0.2) is 0 Å². The molecule has 0 bridgehead atoms. The second-order valence-corrected chi connectivity index (χ2v) is 5.81. The van der Waals surface area contributed by atoms with Gasteiger partial charge < -0.3 is 15.2 Å². The molecule has 2 rings (SSSR count). The van der Waals surface area contributed by atoms with E-state index in [-0.39, 0.29) is 11.0 Å². The molecule has 1 fully saturated rings. The highest BCUT2D eigenvalue weighted by molar-refractivity contribution is 5.43. The summed E-state index contributed by atoms with van der Waals surface area (Å²) >= 11 is 0. The van der Waals surface area contributed by atoms with Crippen LogP contribution in [0.25, 0.3) is 0 Å². The van der Waals surface area contributed by atoms with E-state index in [1.807, 2.05) is 18.2 Å². The highest BCUT2D eigenvalue weighted by Gasteiger charge is 2.47. The van der Waals surface area contributed by atoms with Crippen molar-refractivity contribution in [2.24, 2.45) is 11.1 Å². The molecular weight excluding hydrogens is 226 g/mol. The molecule has 1 aromatic rings. The molecule has 1 aromatic carbocycles. The topological polar surface area (TPSA) is 44.5 Å². The van der Waals surface area contributed by atoms with Gasteiger partial charge in [-0.15, -0.1) is 0 Å². The molecule has 0 aliphatic heterocycles. The minimum atomic E-state index is -0.297. The predicted molar refractivity (Wildman–Crippen MR) is 73.0 cm³/mol. The fourth-order valence-corrected chi connectivity index (χ4v) is 2.97. The van der Waals surface area contributed by atoms with Crippen LogP contribution >= 0.6 is 0 Å². The zero-order chi connectivity index (χ0) is 13.4. The Kier molecular flexibility index (Phi) is 3.28. The van der Waals surface area contributed by atoms with Crippen molar-refractivity contribution < 1.29 is 9.47 Å². The smallest absolute Gasteiger partial charge is 0.122 e. The van der Waals surface area contributed by atoms with Crippen molar-refractivity contribution in [3.8, 4) is 11.5 Å². The molecule has 0 spiro atoms. The largest absolute Gasteiger partial charge is 0.497 e. The van der Waals surface area contributed by atoms with Crippen molar-refractivity contribution in [3.05, 3.63) is 23.8 Å². The number of hydrogen-bond acceptors (Lipinski definition) is 3. The summed E-state index contributed by atoms with van der Waals surface area (Å²) in [5.74, 6) is 1.61. The van der Waals surface area contributed by atoms with E-state index in [1.165, 1.54) is 6.42 Å². The molecule has 0 amide bonds. The monoisotopic (exact) mass is 249 g/mol. The van der Waals surface area contributed by atoms with Crippen LogP contribution in [0.5, 0.6) is 11.5 Å². The molecule has 0 heterocycles. The maximum absolute atomic E-state index is 6.69. The summed E-state index contributed by atoms with van der Waals surface area (Å²) in [4.78, 5) is 0. The van der Waals surface area contributed by atoms with Gasteiger partial charge in [-0.1, -0.05) is 20.3 Å². The van der Waals surface area contributed by atoms with Crippen molar-refractivity contribution in [3.63, 3.8) is 0 Å². The minimum Gasteiger partial charge on any atom is -0.497 e. The van der Waals surface area contributed by atoms with Crippen LogP contribution in [0.15, 0.2) is 18.2 Å². The predicted octanol–water partition coefficient (Wildman–Crippen LogP) is 3.07. The first-order valence-electron chi connectivity index (χ1n) is 6.45. The zero-order valence-electron chi connectivity index (χ0n) is 11.7. The van der Waals surface area contributed by atoms with E-state index in [0.717, 1.165) is 29.9 Å². The Bertz CT molecular complexity index is 420. The number of benzene rings is 1. The maximum Gasteiger partial charge on any atom is 0.122 e. The first kappa shape index (κ1) is 13.2. The second-order valence-electron chi connectivity index (χ2n) is 5.81. The van der Waals surface area contributed by atoms with E-state index in [0.29, 0.717) is 0 Å². The molecule has 1 atom stereocenters. The molecule has 3 heteroatoms. The van der Waals surface area contributed by atoms with Crippen molar-refractivity contribution in [2.75, 3.05) is 14.2 Å². The van der Waals surface area contributed by atoms with Crippen molar-refractivity contribution in [1.29, 1.82) is 0 Å². The fraction of sp³-hybridized carbons (Fsp3) is 0.600. The SMILES string of the molecule is COc1cc(OC)cc(C2(N)CCCC2(C)C)c1. The highest BCUT2D eigenvalue weighted by atomic mass is 16.5. The maximum atomic E-state index is 6.69. The van der Waals surface area contributed by atoms with Crippen LogP contribution < -0.4 is 15.2 Å². The normalized spacial score (nSPS) is 26.1. The third-order valence-electron chi connectivity index (χ3n) is 4.45. The van der Waals surface area contributed by atoms with Gasteiger partial charge >= 0.3 is 0 Å². The average molecular weight is 249 g/mol. The number of nitrogens with two attached hydrogens (primary N) is 1. The highest BCUT2D eigenvalue weighted by Crippen LogP contribution is 2.51. The molecule has 18 heavy (non-hydrogen) atoms. The number of rotatable bonds is 3. The number of ether oxygens (including phenoxy) is 2. The van der Waals surface area contributed by atoms with Crippen LogP contribution in [0.3, 0.4) is 0 Å². The van der Waals surface area contributed by atoms with E-state index in [9.17, 15) is 0 Å². The van der Waals surface area contributed by atoms with Crippen LogP contribution in [0, 0.1) is 5.41 Å². The van der Waals surface area contributed by atoms with Crippen molar-refractivity contribution in [1.82, 2.24) is 0 Å². The van der Waals surface area contributed by atoms with Gasteiger partial charge in [-0.05, 0) is 36.0 Å². The van der Waals surface area contributed by atoms with Crippen LogP contribution in [-0.4, -0.2) is 14.2 Å². The number of methoxy groups -OCH3 is 2. The standard InChI is InChI=1S/C15H23NO2/c1-14(2)6-5-7-15(14,16)11-8-12(17-3)10-13(9-11)18-4/h8-10H,5-7,16H2,1-4H3. The lowest BCUT2D eigenvalue weighted by molar-refractivity contribution is 0.209. The van der Waals surface area contributed by atoms with Crippen LogP contribution in [0.1, 0.15) is 38.7 Å². The summed E-state index contributed by atoms with van der Waals surface area (Å²) in [5.41, 5.74) is 7.61. The lowest BCUT2D eigenvalue weighted by Crippen LogP contribution is -2.45. The van der Waals surface area contributed by atoms with Gasteiger partial charge in [0.2, 0.25) is 0 Å². The van der Waals surface area contributed by atoms with Crippen molar-refractivity contribution in [2.45, 2.75) is 38.6 Å². The van der Waals surface area contributed by atoms with Gasteiger partial charge in [-0.2, -0.15) is 0 Å². The lowest BCUT2D eigenvalue weighted by atomic mass is 9.71. The summed E-state index contributed by atoms with van der Waals surface area (Å²) in [7, 11) is 3.34. The summed E-state index contributed by atoms with van der Waals surface area (Å²) < 4.78 is 10.7. The lowest BCUT2D eigenvalue weighted by Gasteiger charge is -2.39. The first-order valence-corrected chi connectivity index (χ1v) is 6.45. The van der Waals surface area contributed by atoms with Crippen LogP contribution in [0.2, 0.25) is 0 Å². The van der Waals surface area contributed by atoms with Gasteiger partial charge in [0.25, 0.3) is 0 Å². The van der Waals surface area contributed by atoms with E-state index in [2.05, 4.69) is 13.8 Å². The van der Waals surface area contributed by atoms with Gasteiger partial charge in [0.15, 0.2) is 0 Å². The van der Waals surface area contributed by atoms with E-state index in [4.69, 9.17) is 15.2 Å². The van der Waals surface area contributed by atoms with E-state index in [1.54, 1.807) is 14.2 Å². The first-order chi connectivity index (χ1) is 8.43. The van der Waals surface area contributed by atoms with Crippen LogP contribution in [-0.2, 0) is 5.54 Å². The average Bonchev–Trinajstić information content (AvgIpc) is 2.64. The summed E-state index contributed by atoms with van der Waals surface area (Å²) in [6.07, 6.45) is 3.34. The molecule has 2 N–H and O–H groups in total. The molecule has 1 aliphatic rings. The Morgan fingerprint density at radius 2 is 1.56 bits per heavy atom. The molecule has 0 radical (unpaired) electrons. The van der Waals surface area contributed by atoms with Crippen LogP contribution in [0.4, 0.5) is 0 Å². The molecule has 1 aliphatic carbocycles. The molecule has 100 valence electrons. The molecule has 0 saturated heterocycles. The Hall–Kier alpha value is -1.22. The van der Waals surface area contributed by atoms with Gasteiger partial charge in [0.05, 0.1) is 14.2 Å². The number of hydrogen-bond donors (Lipinski definition) is 1. The third-order valence-corrected chi connectivity index (χ3v) is 4.45. The van der Waals surface area contributed by atoms with Crippen molar-refractivity contribution >= 4 is 0 Å². The summed E-state index contributed by atoms with van der Waals surface area (Å²) in [6, 6.07) is 5.96. The quantitative estimate of drug-likeness (QED) is 0.895. The third kappa shape index (κ3) is 1.97. The fourth-order valence-electron chi connectivity index (χ4n) is 2.97. The van der Waals surface area contributed by atoms with Gasteiger partial charge in [0.1, 0.15) is 11.5 Å². The summed E-state index contributed by atoms with van der Waals surface area (Å²) in [5, 5.41) is 0. The Morgan fingerprint density at radius 1 is 1.00 bits per heavy atom. The van der Waals surface area contributed by atoms with E-state index >= 15 is 0 Å². The van der Waals surface area contributed by atoms with Gasteiger partial charge in [-0.3, -0.25) is 0 Å². The Labute approximate surface area is 109 Å². The zero-order valence-corrected chi connectivity index (χ0v) is 11.7. The second kappa shape index (κ2) is 4.47. The Balaban J connectivity index is 2.50. The van der Waals surface area contributed by atoms with E-state index < -0.39 is 0 Å². The molecule has 1 unspecified atom stereocenters. The molecule has 3 nitrogen and oxygen atoms in total. The molecule has 0 aromatic heterocycles. The minimum absolute atomic E-state index is 0.102.